The van der Waals surface area contributed by atoms with Gasteiger partial charge < -0.3 is 5.11 Å². The second-order valence-electron chi connectivity index (χ2n) is 3.62. The van der Waals surface area contributed by atoms with Crippen molar-refractivity contribution in [1.29, 1.82) is 0 Å². The molecule has 2 aliphatic rings. The van der Waals surface area contributed by atoms with Crippen molar-refractivity contribution in [3.05, 3.63) is 24.3 Å². The van der Waals surface area contributed by atoms with Gasteiger partial charge in [0.2, 0.25) is 0 Å². The van der Waals surface area contributed by atoms with Gasteiger partial charge in [-0.25, -0.2) is 0 Å². The second kappa shape index (κ2) is 12.9. The van der Waals surface area contributed by atoms with Crippen LogP contribution in [0.4, 0.5) is 0 Å². The fourth-order valence-electron chi connectivity index (χ4n) is 1.52. The van der Waals surface area contributed by atoms with Gasteiger partial charge in [-0.15, -0.1) is 0 Å². The lowest BCUT2D eigenvalue weighted by Gasteiger charge is -1.97. The Kier molecular flexibility index (Phi) is 12.0. The highest BCUT2D eigenvalue weighted by molar-refractivity contribution is 5.32. The average molecular weight is 210 g/mol. The first kappa shape index (κ1) is 13.9. The van der Waals surface area contributed by atoms with Crippen LogP contribution in [0.15, 0.2) is 24.3 Å². The largest absolute Gasteiger partial charge is 0.483 e. The molecule has 2 heteroatoms. The van der Waals surface area contributed by atoms with Crippen LogP contribution in [0.2, 0.25) is 0 Å². The maximum absolute atomic E-state index is 8.36. The summed E-state index contributed by atoms with van der Waals surface area (Å²) in [5, 5.41) is 6.89. The van der Waals surface area contributed by atoms with Gasteiger partial charge in [-0.05, 0) is 51.4 Å². The zero-order valence-electron chi connectivity index (χ0n) is 9.40. The molecular weight excluding hydrogens is 188 g/mol. The van der Waals surface area contributed by atoms with Crippen LogP contribution < -0.4 is 0 Å². The van der Waals surface area contributed by atoms with Crippen molar-refractivity contribution in [2.24, 2.45) is 0 Å². The van der Waals surface area contributed by atoms with Crippen LogP contribution in [0.25, 0.3) is 0 Å². The quantitative estimate of drug-likeness (QED) is 0.486. The molecule has 86 valence electrons. The maximum Gasteiger partial charge on any atom is 0.290 e. The van der Waals surface area contributed by atoms with Gasteiger partial charge >= 0.3 is 0 Å². The highest BCUT2D eigenvalue weighted by atomic mass is 16.3. The lowest BCUT2D eigenvalue weighted by molar-refractivity contribution is -0.122. The molecule has 0 fully saturated rings. The Morgan fingerprint density at radius 1 is 0.733 bits per heavy atom. The predicted molar refractivity (Wildman–Crippen MR) is 63.9 cm³/mol. The highest BCUT2D eigenvalue weighted by Gasteiger charge is 1.87. The third-order valence-electron chi connectivity index (χ3n) is 2.32. The Bertz CT molecular complexity index is 149. The van der Waals surface area contributed by atoms with Crippen molar-refractivity contribution in [3.8, 4) is 0 Å². The zero-order valence-corrected chi connectivity index (χ0v) is 9.40. The normalized spacial score (nSPS) is 17.9. The highest BCUT2D eigenvalue weighted by Crippen LogP contribution is 2.07. The molecule has 0 aliphatic heterocycles. The molecule has 0 radical (unpaired) electrons. The molecule has 0 spiro atoms. The van der Waals surface area contributed by atoms with Gasteiger partial charge in [0.25, 0.3) is 6.47 Å². The topological polar surface area (TPSA) is 37.3 Å². The molecule has 0 aromatic carbocycles. The Labute approximate surface area is 92.7 Å². The minimum Gasteiger partial charge on any atom is -0.483 e. The van der Waals surface area contributed by atoms with Crippen molar-refractivity contribution in [1.82, 2.24) is 0 Å². The van der Waals surface area contributed by atoms with Crippen LogP contribution in [-0.2, 0) is 4.79 Å². The maximum atomic E-state index is 8.36. The molecule has 0 unspecified atom stereocenters. The summed E-state index contributed by atoms with van der Waals surface area (Å²) >= 11 is 0. The second-order valence-corrected chi connectivity index (χ2v) is 3.62. The van der Waals surface area contributed by atoms with E-state index in [1.807, 2.05) is 0 Å². The van der Waals surface area contributed by atoms with Gasteiger partial charge in [0.15, 0.2) is 0 Å². The average Bonchev–Trinajstić information content (AvgIpc) is 2.35. The van der Waals surface area contributed by atoms with Crippen LogP contribution in [0.3, 0.4) is 0 Å². The van der Waals surface area contributed by atoms with Gasteiger partial charge in [0.1, 0.15) is 0 Å². The summed E-state index contributed by atoms with van der Waals surface area (Å²) in [4.78, 5) is 8.36. The van der Waals surface area contributed by atoms with E-state index in [-0.39, 0.29) is 6.47 Å². The molecule has 0 aromatic heterocycles. The monoisotopic (exact) mass is 210 g/mol. The van der Waals surface area contributed by atoms with Gasteiger partial charge in [-0.3, -0.25) is 4.79 Å². The lowest BCUT2D eigenvalue weighted by Crippen LogP contribution is -1.77. The van der Waals surface area contributed by atoms with Gasteiger partial charge in [-0.2, -0.15) is 0 Å². The van der Waals surface area contributed by atoms with E-state index in [9.17, 15) is 0 Å². The van der Waals surface area contributed by atoms with Crippen LogP contribution in [0.5, 0.6) is 0 Å². The van der Waals surface area contributed by atoms with E-state index in [2.05, 4.69) is 24.3 Å². The minimum absolute atomic E-state index is 0.250. The molecule has 2 nitrogen and oxygen atoms in total. The summed E-state index contributed by atoms with van der Waals surface area (Å²) in [6.45, 7) is -0.250. The van der Waals surface area contributed by atoms with Crippen LogP contribution in [0.1, 0.15) is 51.4 Å². The zero-order chi connectivity index (χ0) is 11.2. The van der Waals surface area contributed by atoms with Crippen LogP contribution in [0, 0.1) is 0 Å². The fraction of sp³-hybridized carbons (Fsp3) is 0.615. The number of rotatable bonds is 0. The molecule has 0 saturated carbocycles. The SMILES string of the molecule is C1=CCCCC1.C1=CCCCC1.O=CO. The molecule has 0 atom stereocenters. The molecule has 1 N–H and O–H groups in total. The molecule has 15 heavy (non-hydrogen) atoms. The van der Waals surface area contributed by atoms with Crippen molar-refractivity contribution in [2.75, 3.05) is 0 Å². The van der Waals surface area contributed by atoms with E-state index in [0.29, 0.717) is 0 Å². The van der Waals surface area contributed by atoms with E-state index in [1.165, 1.54) is 51.4 Å². The van der Waals surface area contributed by atoms with Gasteiger partial charge in [0, 0.05) is 0 Å². The first-order chi connectivity index (χ1) is 7.41. The van der Waals surface area contributed by atoms with Crippen LogP contribution in [-0.4, -0.2) is 11.6 Å². The van der Waals surface area contributed by atoms with E-state index >= 15 is 0 Å². The Hall–Kier alpha value is -1.05. The summed E-state index contributed by atoms with van der Waals surface area (Å²) in [5.41, 5.74) is 0. The molecule has 0 aromatic rings. The smallest absolute Gasteiger partial charge is 0.290 e. The van der Waals surface area contributed by atoms with Crippen molar-refractivity contribution in [3.63, 3.8) is 0 Å². The van der Waals surface area contributed by atoms with E-state index in [1.54, 1.807) is 0 Å². The fourth-order valence-corrected chi connectivity index (χ4v) is 1.52. The summed E-state index contributed by atoms with van der Waals surface area (Å²) in [6.07, 6.45) is 20.0. The first-order valence-corrected chi connectivity index (χ1v) is 5.79. The van der Waals surface area contributed by atoms with E-state index in [4.69, 9.17) is 9.90 Å². The number of allylic oxidation sites excluding steroid dienone is 4. The van der Waals surface area contributed by atoms with Crippen molar-refractivity contribution >= 4 is 6.47 Å². The standard InChI is InChI=1S/2C6H10.CH2O2/c2*1-2-4-6-5-3-1;2-1-3/h2*1-2H,3-6H2;1H,(H,2,3). The molecule has 2 rings (SSSR count). The lowest BCUT2D eigenvalue weighted by atomic mass is 10.1. The summed E-state index contributed by atoms with van der Waals surface area (Å²) in [5.74, 6) is 0. The number of hydrogen-bond acceptors (Lipinski definition) is 1. The summed E-state index contributed by atoms with van der Waals surface area (Å²) in [7, 11) is 0. The van der Waals surface area contributed by atoms with Gasteiger partial charge in [-0.1, -0.05) is 24.3 Å². The van der Waals surface area contributed by atoms with Crippen LogP contribution >= 0.6 is 0 Å². The third kappa shape index (κ3) is 12.9. The predicted octanol–water partition coefficient (Wildman–Crippen LogP) is 3.93. The van der Waals surface area contributed by atoms with Gasteiger partial charge in [0.05, 0.1) is 0 Å². The number of carbonyl (C=O) groups is 1. The molecular formula is C13H22O2. The molecule has 2 aliphatic carbocycles. The summed E-state index contributed by atoms with van der Waals surface area (Å²) in [6, 6.07) is 0. The molecule has 0 bridgehead atoms. The number of carboxylic acid groups (broad SMARTS) is 1. The Morgan fingerprint density at radius 3 is 1.00 bits per heavy atom. The summed E-state index contributed by atoms with van der Waals surface area (Å²) < 4.78 is 0. The van der Waals surface area contributed by atoms with E-state index in [0.717, 1.165) is 0 Å². The Morgan fingerprint density at radius 2 is 0.933 bits per heavy atom. The number of hydrogen-bond donors (Lipinski definition) is 1. The third-order valence-corrected chi connectivity index (χ3v) is 2.32. The minimum atomic E-state index is -0.250. The van der Waals surface area contributed by atoms with Crippen molar-refractivity contribution in [2.45, 2.75) is 51.4 Å². The molecule has 0 saturated heterocycles. The first-order valence-electron chi connectivity index (χ1n) is 5.79. The molecule has 0 amide bonds. The van der Waals surface area contributed by atoms with E-state index < -0.39 is 0 Å². The Balaban J connectivity index is 0.000000210. The van der Waals surface area contributed by atoms with Crippen molar-refractivity contribution < 1.29 is 9.90 Å². The molecule has 0 heterocycles.